The van der Waals surface area contributed by atoms with Gasteiger partial charge < -0.3 is 33.2 Å². The smallest absolute Gasteiger partial charge is 0.147 e. The molecule has 0 aromatic heterocycles. The van der Waals surface area contributed by atoms with Gasteiger partial charge in [0.2, 0.25) is 0 Å². The zero-order valence-corrected chi connectivity index (χ0v) is 31.2. The van der Waals surface area contributed by atoms with Gasteiger partial charge in [-0.3, -0.25) is 0 Å². The second kappa shape index (κ2) is 19.1. The van der Waals surface area contributed by atoms with Gasteiger partial charge in [-0.1, -0.05) is 85.2 Å². The molecule has 49 heavy (non-hydrogen) atoms. The van der Waals surface area contributed by atoms with Crippen LogP contribution in [0.5, 0.6) is 23.0 Å². The minimum absolute atomic E-state index is 0.399. The summed E-state index contributed by atoms with van der Waals surface area (Å²) in [5, 5.41) is 0. The summed E-state index contributed by atoms with van der Waals surface area (Å²) in [6.07, 6.45) is 1.80. The molecule has 7 nitrogen and oxygen atoms in total. The Labute approximate surface area is 306 Å². The normalized spacial score (nSPS) is 15.8. The number of hydrogen-bond acceptors (Lipinski definition) is 11. The van der Waals surface area contributed by atoms with Gasteiger partial charge in [0.1, 0.15) is 36.2 Å². The molecule has 0 amide bonds. The highest BCUT2D eigenvalue weighted by Crippen LogP contribution is 2.53. The quantitative estimate of drug-likeness (QED) is 0.167. The monoisotopic (exact) mass is 738 g/mol. The Morgan fingerprint density at radius 2 is 0.714 bits per heavy atom. The summed E-state index contributed by atoms with van der Waals surface area (Å²) in [5.74, 6) is 3.33. The van der Waals surface area contributed by atoms with Crippen LogP contribution in [0.15, 0.2) is 112 Å². The van der Waals surface area contributed by atoms with E-state index in [1.165, 1.54) is 0 Å². The fourth-order valence-electron chi connectivity index (χ4n) is 5.02. The van der Waals surface area contributed by atoms with Crippen molar-refractivity contribution in [2.75, 3.05) is 66.1 Å². The average Bonchev–Trinajstić information content (AvgIpc) is 3.10. The van der Waals surface area contributed by atoms with Gasteiger partial charge in [0.25, 0.3) is 0 Å². The maximum absolute atomic E-state index is 6.58. The third-order valence-corrected chi connectivity index (χ3v) is 11.6. The third kappa shape index (κ3) is 9.78. The summed E-state index contributed by atoms with van der Waals surface area (Å²) >= 11 is 6.61. The van der Waals surface area contributed by atoms with Gasteiger partial charge >= 0.3 is 0 Å². The van der Waals surface area contributed by atoms with Crippen LogP contribution in [0.1, 0.15) is 26.7 Å². The molecular formula is C38H42O7S4. The van der Waals surface area contributed by atoms with Gasteiger partial charge in [0, 0.05) is 0 Å². The summed E-state index contributed by atoms with van der Waals surface area (Å²) in [6, 6.07) is 25.3. The summed E-state index contributed by atoms with van der Waals surface area (Å²) in [4.78, 5) is 8.06. The van der Waals surface area contributed by atoms with Crippen molar-refractivity contribution in [3.05, 3.63) is 72.8 Å². The van der Waals surface area contributed by atoms with Crippen LogP contribution in [0.25, 0.3) is 0 Å². The first-order valence-corrected chi connectivity index (χ1v) is 20.0. The van der Waals surface area contributed by atoms with Crippen LogP contribution in [0.4, 0.5) is 0 Å². The summed E-state index contributed by atoms with van der Waals surface area (Å²) in [5.41, 5.74) is 0. The van der Waals surface area contributed by atoms with Gasteiger partial charge in [-0.2, -0.15) is 0 Å². The second-order valence-corrected chi connectivity index (χ2v) is 15.3. The first-order chi connectivity index (χ1) is 24.2. The van der Waals surface area contributed by atoms with E-state index in [1.54, 1.807) is 47.0 Å². The van der Waals surface area contributed by atoms with Crippen LogP contribution in [0, 0.1) is 0 Å². The van der Waals surface area contributed by atoms with Gasteiger partial charge in [-0.05, 0) is 61.4 Å². The highest BCUT2D eigenvalue weighted by Gasteiger charge is 2.23. The van der Waals surface area contributed by atoms with Crippen molar-refractivity contribution in [2.45, 2.75) is 65.9 Å². The minimum atomic E-state index is 0.399. The fourth-order valence-corrected chi connectivity index (χ4v) is 9.50. The molecule has 0 atom stereocenters. The molecule has 4 aromatic rings. The van der Waals surface area contributed by atoms with Crippen molar-refractivity contribution >= 4 is 47.0 Å². The third-order valence-electron chi connectivity index (χ3n) is 7.24. The lowest BCUT2D eigenvalue weighted by atomic mass is 10.3. The van der Waals surface area contributed by atoms with Crippen LogP contribution < -0.4 is 18.9 Å². The summed E-state index contributed by atoms with van der Waals surface area (Å²) in [7, 11) is 0. The minimum Gasteiger partial charge on any atom is -0.491 e. The lowest BCUT2D eigenvalue weighted by Crippen LogP contribution is -2.14. The van der Waals surface area contributed by atoms with Crippen molar-refractivity contribution in [3.63, 3.8) is 0 Å². The first-order valence-electron chi connectivity index (χ1n) is 16.7. The molecule has 11 heteroatoms. The molecule has 0 saturated heterocycles. The number of ether oxygens (including phenoxy) is 7. The Kier molecular flexibility index (Phi) is 14.1. The van der Waals surface area contributed by atoms with E-state index < -0.39 is 0 Å². The Hall–Kier alpha value is -2.64. The largest absolute Gasteiger partial charge is 0.491 e. The van der Waals surface area contributed by atoms with E-state index in [1.807, 2.05) is 0 Å². The van der Waals surface area contributed by atoms with Crippen molar-refractivity contribution in [1.82, 2.24) is 0 Å². The van der Waals surface area contributed by atoms with Crippen LogP contribution in [-0.2, 0) is 14.2 Å². The molecular weight excluding hydrogens is 697 g/mol. The molecule has 4 aromatic carbocycles. The van der Waals surface area contributed by atoms with Crippen molar-refractivity contribution in [3.8, 4) is 23.0 Å². The van der Waals surface area contributed by atoms with Crippen LogP contribution in [0.2, 0.25) is 0 Å². The predicted molar refractivity (Wildman–Crippen MR) is 197 cm³/mol. The molecule has 0 aliphatic carbocycles. The first kappa shape index (κ1) is 36.2. The van der Waals surface area contributed by atoms with Crippen molar-refractivity contribution in [2.24, 2.45) is 0 Å². The van der Waals surface area contributed by atoms with Crippen molar-refractivity contribution < 1.29 is 33.2 Å². The van der Waals surface area contributed by atoms with Crippen molar-refractivity contribution in [1.29, 1.82) is 0 Å². The summed E-state index contributed by atoms with van der Waals surface area (Å²) < 4.78 is 43.6. The predicted octanol–water partition coefficient (Wildman–Crippen LogP) is 10.0. The number of fused-ring (bicyclic) bond motifs is 2. The SMILES string of the molecule is CCCOc1c2cccc1Sc1cccc3c1OCCOCCOCCOCCOc1c(cccc1Sc1cccc(c1OCCC)S3)S2. The molecule has 6 rings (SSSR count). The standard InChI is InChI=1S/C38H42O7S4/c1-3-17-42-35-27-9-5-10-28(35)47-32-14-8-16-34-38(32)45-26-24-41-22-20-39-19-21-40-23-25-44-37-31(46-27)13-7-15-33(37)48-29-11-6-12-30(49-34)36(29)43-18-4-2/h5-16H,3-4,17-26H2,1-2H3. The molecule has 0 N–H and O–H groups in total. The van der Waals surface area contributed by atoms with E-state index in [0.29, 0.717) is 66.1 Å². The van der Waals surface area contributed by atoms with E-state index in [0.717, 1.165) is 75.0 Å². The van der Waals surface area contributed by atoms with Gasteiger partial charge in [-0.25, -0.2) is 0 Å². The van der Waals surface area contributed by atoms with E-state index in [9.17, 15) is 0 Å². The second-order valence-electron chi connectivity index (χ2n) is 11.0. The Morgan fingerprint density at radius 1 is 0.429 bits per heavy atom. The maximum Gasteiger partial charge on any atom is 0.147 e. The number of hydrogen-bond donors (Lipinski definition) is 0. The van der Waals surface area contributed by atoms with E-state index in [2.05, 4.69) is 86.6 Å². The molecule has 0 radical (unpaired) electrons. The lowest BCUT2D eigenvalue weighted by Gasteiger charge is -2.21. The highest BCUT2D eigenvalue weighted by atomic mass is 32.2. The molecule has 2 aliphatic heterocycles. The molecule has 2 aliphatic rings. The average molecular weight is 739 g/mol. The zero-order chi connectivity index (χ0) is 33.7. The zero-order valence-electron chi connectivity index (χ0n) is 27.9. The molecule has 0 fully saturated rings. The van der Waals surface area contributed by atoms with Crippen LogP contribution in [0.3, 0.4) is 0 Å². The molecule has 0 saturated carbocycles. The van der Waals surface area contributed by atoms with Crippen LogP contribution >= 0.6 is 47.0 Å². The number of benzene rings is 4. The molecule has 0 unspecified atom stereocenters. The Bertz CT molecular complexity index is 1460. The van der Waals surface area contributed by atoms with E-state index >= 15 is 0 Å². The lowest BCUT2D eigenvalue weighted by molar-refractivity contribution is 0.00450. The molecule has 260 valence electrons. The fraction of sp³-hybridized carbons (Fsp3) is 0.368. The Morgan fingerprint density at radius 3 is 1.02 bits per heavy atom. The number of para-hydroxylation sites is 4. The van der Waals surface area contributed by atoms with E-state index in [4.69, 9.17) is 33.2 Å². The van der Waals surface area contributed by atoms with Gasteiger partial charge in [-0.15, -0.1) is 0 Å². The molecule has 10 bridgehead atoms. The van der Waals surface area contributed by atoms with E-state index in [-0.39, 0.29) is 0 Å². The van der Waals surface area contributed by atoms with Gasteiger partial charge in [0.15, 0.2) is 0 Å². The van der Waals surface area contributed by atoms with Gasteiger partial charge in [0.05, 0.1) is 92.0 Å². The summed E-state index contributed by atoms with van der Waals surface area (Å²) in [6.45, 7) is 9.09. The Balaban J connectivity index is 1.53. The number of rotatable bonds is 6. The van der Waals surface area contributed by atoms with Crippen LogP contribution in [-0.4, -0.2) is 66.1 Å². The molecule has 0 spiro atoms. The molecule has 2 heterocycles. The maximum atomic E-state index is 6.58. The topological polar surface area (TPSA) is 64.6 Å². The highest BCUT2D eigenvalue weighted by molar-refractivity contribution is 8.01.